The molecule has 2 amide bonds. The fourth-order valence-electron chi connectivity index (χ4n) is 1.94. The largest absolute Gasteiger partial charge is 0.327 e. The summed E-state index contributed by atoms with van der Waals surface area (Å²) in [6.07, 6.45) is 0. The highest BCUT2D eigenvalue weighted by Gasteiger charge is 2.26. The maximum atomic E-state index is 12.5. The topological polar surface area (TPSA) is 44.7 Å². The van der Waals surface area contributed by atoms with Crippen LogP contribution in [-0.4, -0.2) is 34.4 Å². The van der Waals surface area contributed by atoms with Crippen molar-refractivity contribution in [1.29, 1.82) is 0 Å². The minimum Gasteiger partial charge on any atom is -0.307 e. The van der Waals surface area contributed by atoms with Gasteiger partial charge in [0.05, 0.1) is 6.54 Å². The highest BCUT2D eigenvalue weighted by Crippen LogP contribution is 2.24. The Hall–Kier alpha value is -1.49. The van der Waals surface area contributed by atoms with Gasteiger partial charge in [-0.3, -0.25) is 9.89 Å². The molecule has 0 radical (unpaired) electrons. The first-order valence-corrected chi connectivity index (χ1v) is 7.79. The van der Waals surface area contributed by atoms with E-state index in [1.165, 1.54) is 0 Å². The Bertz CT molecular complexity index is 487. The number of carbonyl (C=O) groups excluding carboxylic acids is 1. The number of carbonyl (C=O) groups is 1. The number of para-hydroxylation sites is 1. The van der Waals surface area contributed by atoms with E-state index in [1.54, 1.807) is 16.7 Å². The quantitative estimate of drug-likeness (QED) is 0.923. The minimum absolute atomic E-state index is 0.106. The summed E-state index contributed by atoms with van der Waals surface area (Å²) in [5.41, 5.74) is 0.808. The van der Waals surface area contributed by atoms with Gasteiger partial charge in [0.2, 0.25) is 0 Å². The van der Waals surface area contributed by atoms with Crippen molar-refractivity contribution in [2.45, 2.75) is 26.0 Å². The van der Waals surface area contributed by atoms with E-state index in [9.17, 15) is 4.79 Å². The van der Waals surface area contributed by atoms with Crippen LogP contribution in [0, 0.1) is 5.92 Å². The second-order valence-electron chi connectivity index (χ2n) is 5.35. The van der Waals surface area contributed by atoms with Crippen LogP contribution in [0.2, 0.25) is 0 Å². The number of nitrogens with zero attached hydrogens (tertiary/aromatic N) is 2. The van der Waals surface area contributed by atoms with Crippen molar-refractivity contribution in [1.82, 2.24) is 4.90 Å². The van der Waals surface area contributed by atoms with Gasteiger partial charge in [-0.2, -0.15) is 0 Å². The van der Waals surface area contributed by atoms with Gasteiger partial charge in [-0.25, -0.2) is 4.79 Å². The minimum atomic E-state index is -0.106. The molecule has 108 valence electrons. The highest BCUT2D eigenvalue weighted by atomic mass is 32.2. The standard InChI is InChI=1S/C15H21N3OS/c1-11(2)10-18(15-16-9-12(3)20-15)14(19)17-13-7-5-4-6-8-13/h4-8,11-12H,9-10H2,1-3H3,(H,17,19)/t12-/m0/s1. The second-order valence-corrected chi connectivity index (χ2v) is 6.76. The van der Waals surface area contributed by atoms with Gasteiger partial charge in [-0.05, 0) is 18.1 Å². The number of benzene rings is 1. The van der Waals surface area contributed by atoms with E-state index in [-0.39, 0.29) is 6.03 Å². The summed E-state index contributed by atoms with van der Waals surface area (Å²) < 4.78 is 0. The zero-order valence-corrected chi connectivity index (χ0v) is 13.0. The van der Waals surface area contributed by atoms with Crippen LogP contribution < -0.4 is 5.32 Å². The molecule has 0 bridgehead atoms. The Balaban J connectivity index is 2.08. The molecule has 1 N–H and O–H groups in total. The molecule has 1 heterocycles. The maximum Gasteiger partial charge on any atom is 0.327 e. The third-order valence-electron chi connectivity index (χ3n) is 2.84. The van der Waals surface area contributed by atoms with Gasteiger partial charge >= 0.3 is 6.03 Å². The molecule has 0 aromatic heterocycles. The van der Waals surface area contributed by atoms with Crippen molar-refractivity contribution in [2.24, 2.45) is 10.9 Å². The van der Waals surface area contributed by atoms with E-state index in [1.807, 2.05) is 30.3 Å². The molecule has 0 saturated heterocycles. The lowest BCUT2D eigenvalue weighted by Crippen LogP contribution is -2.40. The lowest BCUT2D eigenvalue weighted by atomic mass is 10.2. The predicted molar refractivity (Wildman–Crippen MR) is 86.4 cm³/mol. The molecule has 0 saturated carbocycles. The van der Waals surface area contributed by atoms with Crippen molar-refractivity contribution in [3.8, 4) is 0 Å². The molecular formula is C15H21N3OS. The van der Waals surface area contributed by atoms with E-state index >= 15 is 0 Å². The molecule has 1 aromatic carbocycles. The highest BCUT2D eigenvalue weighted by molar-refractivity contribution is 8.14. The molecule has 0 spiro atoms. The first kappa shape index (κ1) is 14.9. The van der Waals surface area contributed by atoms with Gasteiger partial charge in [-0.15, -0.1) is 0 Å². The fourth-order valence-corrected chi connectivity index (χ4v) is 2.88. The van der Waals surface area contributed by atoms with Crippen molar-refractivity contribution < 1.29 is 4.79 Å². The van der Waals surface area contributed by atoms with E-state index in [4.69, 9.17) is 0 Å². The third kappa shape index (κ3) is 4.00. The van der Waals surface area contributed by atoms with Gasteiger partial charge < -0.3 is 5.32 Å². The number of rotatable bonds is 3. The molecule has 0 fully saturated rings. The van der Waals surface area contributed by atoms with Crippen LogP contribution in [0.1, 0.15) is 20.8 Å². The van der Waals surface area contributed by atoms with Crippen LogP contribution in [0.5, 0.6) is 0 Å². The van der Waals surface area contributed by atoms with E-state index in [0.29, 0.717) is 17.7 Å². The van der Waals surface area contributed by atoms with Crippen LogP contribution in [0.15, 0.2) is 35.3 Å². The number of nitrogens with one attached hydrogen (secondary N) is 1. The molecule has 1 aliphatic rings. The first-order valence-electron chi connectivity index (χ1n) is 6.91. The average Bonchev–Trinajstić information content (AvgIpc) is 2.83. The normalized spacial score (nSPS) is 18.0. The first-order chi connectivity index (χ1) is 9.56. The number of hydrogen-bond acceptors (Lipinski definition) is 3. The van der Waals surface area contributed by atoms with E-state index in [0.717, 1.165) is 17.4 Å². The van der Waals surface area contributed by atoms with E-state index in [2.05, 4.69) is 31.1 Å². The van der Waals surface area contributed by atoms with Gasteiger partial charge in [0.25, 0.3) is 0 Å². The summed E-state index contributed by atoms with van der Waals surface area (Å²) in [6, 6.07) is 9.42. The van der Waals surface area contributed by atoms with Crippen molar-refractivity contribution in [3.63, 3.8) is 0 Å². The summed E-state index contributed by atoms with van der Waals surface area (Å²) in [4.78, 5) is 18.7. The van der Waals surface area contributed by atoms with Crippen LogP contribution in [0.4, 0.5) is 10.5 Å². The fraction of sp³-hybridized carbons (Fsp3) is 0.467. The Morgan fingerprint density at radius 3 is 2.70 bits per heavy atom. The molecular weight excluding hydrogens is 270 g/mol. The number of anilines is 1. The van der Waals surface area contributed by atoms with Gasteiger partial charge in [0, 0.05) is 17.5 Å². The predicted octanol–water partition coefficient (Wildman–Crippen LogP) is 3.67. The zero-order valence-electron chi connectivity index (χ0n) is 12.2. The Morgan fingerprint density at radius 1 is 1.45 bits per heavy atom. The number of hydrogen-bond donors (Lipinski definition) is 1. The SMILES string of the molecule is CC(C)CN(C(=O)Nc1ccccc1)C1=NC[C@H](C)S1. The average molecular weight is 291 g/mol. The van der Waals surface area contributed by atoms with Crippen LogP contribution >= 0.6 is 11.8 Å². The molecule has 0 aliphatic carbocycles. The molecule has 20 heavy (non-hydrogen) atoms. The summed E-state index contributed by atoms with van der Waals surface area (Å²) in [5, 5.41) is 4.21. The van der Waals surface area contributed by atoms with Crippen molar-refractivity contribution in [3.05, 3.63) is 30.3 Å². The molecule has 5 heteroatoms. The van der Waals surface area contributed by atoms with Crippen LogP contribution in [0.3, 0.4) is 0 Å². The molecule has 1 aromatic rings. The second kappa shape index (κ2) is 6.79. The Kier molecular flexibility index (Phi) is 5.06. The lowest BCUT2D eigenvalue weighted by molar-refractivity contribution is 0.230. The Morgan fingerprint density at radius 2 is 2.15 bits per heavy atom. The summed E-state index contributed by atoms with van der Waals surface area (Å²) >= 11 is 1.67. The summed E-state index contributed by atoms with van der Waals surface area (Å²) in [6.45, 7) is 7.80. The third-order valence-corrected chi connectivity index (χ3v) is 3.95. The molecule has 4 nitrogen and oxygen atoms in total. The molecule has 1 atom stereocenters. The van der Waals surface area contributed by atoms with Gasteiger partial charge in [-0.1, -0.05) is 50.7 Å². The van der Waals surface area contributed by atoms with Crippen LogP contribution in [0.25, 0.3) is 0 Å². The number of urea groups is 1. The van der Waals surface area contributed by atoms with Crippen LogP contribution in [-0.2, 0) is 0 Å². The van der Waals surface area contributed by atoms with Crippen molar-refractivity contribution >= 4 is 28.6 Å². The smallest absolute Gasteiger partial charge is 0.307 e. The number of amides is 2. The maximum absolute atomic E-state index is 12.5. The Labute approximate surface area is 124 Å². The van der Waals surface area contributed by atoms with Gasteiger partial charge in [0.1, 0.15) is 0 Å². The number of thioether (sulfide) groups is 1. The van der Waals surface area contributed by atoms with Crippen molar-refractivity contribution in [2.75, 3.05) is 18.4 Å². The zero-order chi connectivity index (χ0) is 14.5. The summed E-state index contributed by atoms with van der Waals surface area (Å²) in [5.74, 6) is 0.399. The van der Waals surface area contributed by atoms with E-state index < -0.39 is 0 Å². The monoisotopic (exact) mass is 291 g/mol. The summed E-state index contributed by atoms with van der Waals surface area (Å²) in [7, 11) is 0. The lowest BCUT2D eigenvalue weighted by Gasteiger charge is -2.24. The number of amidine groups is 1. The number of aliphatic imine (C=N–C) groups is 1. The molecule has 1 aliphatic heterocycles. The molecule has 2 rings (SSSR count). The van der Waals surface area contributed by atoms with Gasteiger partial charge in [0.15, 0.2) is 5.17 Å². The molecule has 0 unspecified atom stereocenters.